The summed E-state index contributed by atoms with van der Waals surface area (Å²) in [5.41, 5.74) is 3.22. The molecule has 0 fully saturated rings. The van der Waals surface area contributed by atoms with Crippen molar-refractivity contribution in [2.24, 2.45) is 0 Å². The first-order chi connectivity index (χ1) is 17.7. The zero-order chi connectivity index (χ0) is 24.5. The number of pyridine rings is 2. The lowest BCUT2D eigenvalue weighted by Gasteiger charge is -2.08. The van der Waals surface area contributed by atoms with Crippen molar-refractivity contribution < 1.29 is 13.9 Å². The lowest BCUT2D eigenvalue weighted by molar-refractivity contribution is 0.102. The molecule has 10 heteroatoms. The molecular formula is C26H20N6O3S. The van der Waals surface area contributed by atoms with E-state index in [4.69, 9.17) is 14.1 Å². The Morgan fingerprint density at radius 3 is 2.89 bits per heavy atom. The predicted molar refractivity (Wildman–Crippen MR) is 137 cm³/mol. The van der Waals surface area contributed by atoms with Crippen molar-refractivity contribution in [3.8, 4) is 17.0 Å². The summed E-state index contributed by atoms with van der Waals surface area (Å²) in [5, 5.41) is 8.57. The number of aromatic nitrogens is 5. The number of hydrogen-bond acceptors (Lipinski definition) is 8. The van der Waals surface area contributed by atoms with Crippen LogP contribution < -0.4 is 10.1 Å². The van der Waals surface area contributed by atoms with E-state index in [0.717, 1.165) is 27.3 Å². The van der Waals surface area contributed by atoms with E-state index < -0.39 is 0 Å². The fraction of sp³-hybridized carbons (Fsp3) is 0.115. The maximum atomic E-state index is 13.5. The second-order valence-corrected chi connectivity index (χ2v) is 8.98. The fourth-order valence-corrected chi connectivity index (χ4v) is 4.83. The van der Waals surface area contributed by atoms with Crippen LogP contribution in [0, 0.1) is 0 Å². The van der Waals surface area contributed by atoms with Crippen LogP contribution in [0.3, 0.4) is 0 Å². The Morgan fingerprint density at radius 2 is 2.08 bits per heavy atom. The Hall–Kier alpha value is -4.57. The number of fused-ring (bicyclic) bond motifs is 2. The van der Waals surface area contributed by atoms with Gasteiger partial charge in [0.15, 0.2) is 10.8 Å². The van der Waals surface area contributed by atoms with Crippen molar-refractivity contribution in [3.63, 3.8) is 0 Å². The maximum Gasteiger partial charge on any atom is 0.258 e. The van der Waals surface area contributed by atoms with E-state index in [0.29, 0.717) is 40.6 Å². The Kier molecular flexibility index (Phi) is 5.62. The van der Waals surface area contributed by atoms with E-state index in [1.807, 2.05) is 49.4 Å². The first-order valence-electron chi connectivity index (χ1n) is 11.3. The van der Waals surface area contributed by atoms with Gasteiger partial charge in [-0.2, -0.15) is 5.10 Å². The van der Waals surface area contributed by atoms with E-state index in [-0.39, 0.29) is 5.91 Å². The summed E-state index contributed by atoms with van der Waals surface area (Å²) in [4.78, 5) is 27.1. The number of ether oxygens (including phenoxy) is 1. The largest absolute Gasteiger partial charge is 0.494 e. The minimum atomic E-state index is -0.297. The molecule has 1 amide bonds. The molecule has 0 radical (unpaired) electrons. The van der Waals surface area contributed by atoms with Crippen LogP contribution >= 0.6 is 11.3 Å². The van der Waals surface area contributed by atoms with Gasteiger partial charge in [-0.25, -0.2) is 14.6 Å². The number of rotatable bonds is 7. The number of carbonyl (C=O) groups is 1. The lowest BCUT2D eigenvalue weighted by atomic mass is 10.1. The third kappa shape index (κ3) is 4.18. The highest BCUT2D eigenvalue weighted by molar-refractivity contribution is 7.22. The molecule has 0 atom stereocenters. The minimum Gasteiger partial charge on any atom is -0.494 e. The van der Waals surface area contributed by atoms with E-state index >= 15 is 0 Å². The summed E-state index contributed by atoms with van der Waals surface area (Å²) in [6, 6.07) is 14.9. The molecule has 178 valence electrons. The molecule has 0 unspecified atom stereocenters. The number of thiazole rings is 1. The number of hydrogen-bond donors (Lipinski definition) is 1. The van der Waals surface area contributed by atoms with Gasteiger partial charge < -0.3 is 9.15 Å². The summed E-state index contributed by atoms with van der Waals surface area (Å²) in [7, 11) is 0. The molecular weight excluding hydrogens is 476 g/mol. The maximum absolute atomic E-state index is 13.5. The SMILES string of the molecule is CCOc1ccc2nc(NC(=O)c3cc(-c4cccnc4)nc4c3cnn4Cc3ccco3)sc2c1. The van der Waals surface area contributed by atoms with Gasteiger partial charge in [0.1, 0.15) is 18.1 Å². The monoisotopic (exact) mass is 496 g/mol. The van der Waals surface area contributed by atoms with E-state index in [1.54, 1.807) is 35.6 Å². The van der Waals surface area contributed by atoms with Crippen molar-refractivity contribution in [3.05, 3.63) is 84.7 Å². The Bertz CT molecular complexity index is 1670. The van der Waals surface area contributed by atoms with Crippen molar-refractivity contribution >= 4 is 43.6 Å². The molecule has 0 saturated carbocycles. The highest BCUT2D eigenvalue weighted by Gasteiger charge is 2.19. The molecule has 9 nitrogen and oxygen atoms in total. The molecule has 0 saturated heterocycles. The minimum absolute atomic E-state index is 0.297. The number of anilines is 1. The van der Waals surface area contributed by atoms with Crippen molar-refractivity contribution in [1.29, 1.82) is 0 Å². The van der Waals surface area contributed by atoms with E-state index in [2.05, 4.69) is 20.4 Å². The van der Waals surface area contributed by atoms with Gasteiger partial charge in [0, 0.05) is 18.0 Å². The number of furan rings is 1. The van der Waals surface area contributed by atoms with E-state index in [1.165, 1.54) is 11.3 Å². The van der Waals surface area contributed by atoms with Crippen LogP contribution in [0.15, 0.2) is 77.8 Å². The van der Waals surface area contributed by atoms with Gasteiger partial charge in [-0.1, -0.05) is 11.3 Å². The summed E-state index contributed by atoms with van der Waals surface area (Å²) < 4.78 is 13.7. The van der Waals surface area contributed by atoms with Gasteiger partial charge >= 0.3 is 0 Å². The molecule has 0 aliphatic rings. The second kappa shape index (κ2) is 9.23. The van der Waals surface area contributed by atoms with Crippen LogP contribution in [0.4, 0.5) is 5.13 Å². The van der Waals surface area contributed by atoms with Gasteiger partial charge in [-0.05, 0) is 55.5 Å². The highest BCUT2D eigenvalue weighted by Crippen LogP contribution is 2.31. The highest BCUT2D eigenvalue weighted by atomic mass is 32.1. The Balaban J connectivity index is 1.40. The van der Waals surface area contributed by atoms with E-state index in [9.17, 15) is 4.79 Å². The number of benzene rings is 1. The quantitative estimate of drug-likeness (QED) is 0.315. The average Bonchev–Trinajstić information content (AvgIpc) is 3.65. The summed E-state index contributed by atoms with van der Waals surface area (Å²) in [6.45, 7) is 2.91. The number of nitrogens with one attached hydrogen (secondary N) is 1. The molecule has 5 aromatic heterocycles. The van der Waals surface area contributed by atoms with Gasteiger partial charge in [0.2, 0.25) is 0 Å². The second-order valence-electron chi connectivity index (χ2n) is 7.95. The van der Waals surface area contributed by atoms with Crippen LogP contribution in [-0.4, -0.2) is 37.2 Å². The van der Waals surface area contributed by atoms with Crippen molar-refractivity contribution in [1.82, 2.24) is 24.7 Å². The molecule has 0 aliphatic heterocycles. The fourth-order valence-electron chi connectivity index (χ4n) is 3.94. The van der Waals surface area contributed by atoms with Crippen LogP contribution in [0.1, 0.15) is 23.0 Å². The molecule has 36 heavy (non-hydrogen) atoms. The van der Waals surface area contributed by atoms with Gasteiger partial charge in [0.05, 0.1) is 45.9 Å². The first-order valence-corrected chi connectivity index (χ1v) is 12.1. The molecule has 0 bridgehead atoms. The molecule has 6 aromatic rings. The number of carbonyl (C=O) groups excluding carboxylic acids is 1. The summed E-state index contributed by atoms with van der Waals surface area (Å²) in [6.07, 6.45) is 6.68. The normalized spacial score (nSPS) is 11.2. The molecule has 1 N–H and O–H groups in total. The van der Waals surface area contributed by atoms with Gasteiger partial charge in [0.25, 0.3) is 5.91 Å². The summed E-state index contributed by atoms with van der Waals surface area (Å²) >= 11 is 1.39. The van der Waals surface area contributed by atoms with Crippen LogP contribution in [0.2, 0.25) is 0 Å². The van der Waals surface area contributed by atoms with Crippen molar-refractivity contribution in [2.75, 3.05) is 11.9 Å². The molecule has 5 heterocycles. The topological polar surface area (TPSA) is 108 Å². The van der Waals surface area contributed by atoms with Crippen LogP contribution in [0.25, 0.3) is 32.5 Å². The van der Waals surface area contributed by atoms with Crippen LogP contribution in [-0.2, 0) is 6.54 Å². The third-order valence-electron chi connectivity index (χ3n) is 5.59. The number of amides is 1. The number of nitrogens with zero attached hydrogens (tertiary/aromatic N) is 5. The van der Waals surface area contributed by atoms with Gasteiger partial charge in [-0.15, -0.1) is 0 Å². The lowest BCUT2D eigenvalue weighted by Crippen LogP contribution is -2.13. The molecule has 1 aromatic carbocycles. The standard InChI is InChI=1S/C26H20N6O3S/c1-2-34-17-7-8-21-23(11-17)36-26(30-21)31-25(33)19-12-22(16-5-3-9-27-13-16)29-24-20(19)14-28-32(24)15-18-6-4-10-35-18/h3-14H,2,15H2,1H3,(H,30,31,33). The third-order valence-corrected chi connectivity index (χ3v) is 6.52. The van der Waals surface area contributed by atoms with Gasteiger partial charge in [-0.3, -0.25) is 15.1 Å². The zero-order valence-electron chi connectivity index (χ0n) is 19.2. The molecule has 6 rings (SSSR count). The van der Waals surface area contributed by atoms with Crippen LogP contribution in [0.5, 0.6) is 5.75 Å². The zero-order valence-corrected chi connectivity index (χ0v) is 20.0. The summed E-state index contributed by atoms with van der Waals surface area (Å²) in [5.74, 6) is 1.21. The predicted octanol–water partition coefficient (Wildman–Crippen LogP) is 5.40. The molecule has 0 spiro atoms. The first kappa shape index (κ1) is 21.9. The Labute approximate surface area is 209 Å². The Morgan fingerprint density at radius 1 is 1.14 bits per heavy atom. The van der Waals surface area contributed by atoms with Crippen molar-refractivity contribution in [2.45, 2.75) is 13.5 Å². The smallest absolute Gasteiger partial charge is 0.258 e. The average molecular weight is 497 g/mol. The molecule has 0 aliphatic carbocycles.